The van der Waals surface area contributed by atoms with Crippen molar-refractivity contribution >= 4 is 33.4 Å². The van der Waals surface area contributed by atoms with Gasteiger partial charge in [-0.15, -0.1) is 0 Å². The Hall–Kier alpha value is -1.47. The molecule has 0 radical (unpaired) electrons. The molecule has 1 amide bonds. The highest BCUT2D eigenvalue weighted by atomic mass is 79.9. The van der Waals surface area contributed by atoms with Crippen LogP contribution in [0.1, 0.15) is 73.9 Å². The molecule has 2 aliphatic heterocycles. The van der Waals surface area contributed by atoms with Gasteiger partial charge in [0.1, 0.15) is 0 Å². The summed E-state index contributed by atoms with van der Waals surface area (Å²) >= 11 is 10.1. The quantitative estimate of drug-likeness (QED) is 0.476. The summed E-state index contributed by atoms with van der Waals surface area (Å²) in [6.45, 7) is 6.87. The summed E-state index contributed by atoms with van der Waals surface area (Å²) in [5.74, 6) is 0.884. The molecule has 2 aromatic rings. The van der Waals surface area contributed by atoms with Crippen LogP contribution in [0.3, 0.4) is 0 Å². The van der Waals surface area contributed by atoms with E-state index in [4.69, 9.17) is 16.6 Å². The summed E-state index contributed by atoms with van der Waals surface area (Å²) in [6.07, 6.45) is 10.1. The van der Waals surface area contributed by atoms with Gasteiger partial charge < -0.3 is 10.2 Å². The Morgan fingerprint density at radius 1 is 1.17 bits per heavy atom. The molecule has 2 atom stereocenters. The molecule has 1 aromatic carbocycles. The Kier molecular flexibility index (Phi) is 8.67. The summed E-state index contributed by atoms with van der Waals surface area (Å²) in [7, 11) is 0. The Labute approximate surface area is 229 Å². The molecule has 1 aliphatic carbocycles. The second kappa shape index (κ2) is 11.9. The van der Waals surface area contributed by atoms with Crippen molar-refractivity contribution in [3.63, 3.8) is 0 Å². The number of benzene rings is 1. The summed E-state index contributed by atoms with van der Waals surface area (Å²) in [5.41, 5.74) is 5.09. The number of piperazine rings is 1. The minimum absolute atomic E-state index is 0.0914. The lowest BCUT2D eigenvalue weighted by Gasteiger charge is -2.45. The number of piperidine rings is 1. The standard InChI is InChI=1S/C29H38BrClN4O/c1-2-3-4-25-19-34(13-14-35(25)27(36)15-20-9-11-32-12-10-20)29-26-8-7-24(31)17-21(26)5-6-22-16-23(30)18-33-28(22)29/h7-8,16-18,20,25,29,32H,2-6,9-15,19H2,1H3/t25-,29?/m0/s1. The lowest BCUT2D eigenvalue weighted by atomic mass is 9.92. The van der Waals surface area contributed by atoms with Crippen molar-refractivity contribution in [3.8, 4) is 0 Å². The van der Waals surface area contributed by atoms with Gasteiger partial charge in [-0.3, -0.25) is 14.7 Å². The monoisotopic (exact) mass is 572 g/mol. The van der Waals surface area contributed by atoms with E-state index in [1.807, 2.05) is 12.3 Å². The van der Waals surface area contributed by atoms with Crippen LogP contribution in [0.2, 0.25) is 5.02 Å². The van der Waals surface area contributed by atoms with E-state index in [1.165, 1.54) is 16.7 Å². The number of hydrogen-bond donors (Lipinski definition) is 1. The van der Waals surface area contributed by atoms with Crippen LogP contribution in [0, 0.1) is 5.92 Å². The Morgan fingerprint density at radius 2 is 1.97 bits per heavy atom. The Morgan fingerprint density at radius 3 is 2.78 bits per heavy atom. The number of amides is 1. The Bertz CT molecular complexity index is 1020. The van der Waals surface area contributed by atoms with Gasteiger partial charge in [0, 0.05) is 47.8 Å². The van der Waals surface area contributed by atoms with E-state index in [1.54, 1.807) is 0 Å². The number of carbonyl (C=O) groups is 1. The molecule has 194 valence electrons. The number of hydrogen-bond acceptors (Lipinski definition) is 4. The number of carbonyl (C=O) groups excluding carboxylic acids is 1. The van der Waals surface area contributed by atoms with Crippen molar-refractivity contribution in [1.82, 2.24) is 20.1 Å². The van der Waals surface area contributed by atoms with E-state index in [0.29, 0.717) is 18.2 Å². The highest BCUT2D eigenvalue weighted by Crippen LogP contribution is 2.39. The molecule has 36 heavy (non-hydrogen) atoms. The van der Waals surface area contributed by atoms with Crippen molar-refractivity contribution in [2.45, 2.75) is 70.4 Å². The van der Waals surface area contributed by atoms with Crippen LogP contribution in [0.5, 0.6) is 0 Å². The van der Waals surface area contributed by atoms with Crippen LogP contribution < -0.4 is 5.32 Å². The van der Waals surface area contributed by atoms with Gasteiger partial charge in [-0.1, -0.05) is 37.4 Å². The van der Waals surface area contributed by atoms with Crippen LogP contribution in [0.15, 0.2) is 34.9 Å². The molecule has 5 nitrogen and oxygen atoms in total. The molecule has 1 aromatic heterocycles. The first-order valence-corrected chi connectivity index (χ1v) is 14.9. The van der Waals surface area contributed by atoms with Crippen molar-refractivity contribution in [1.29, 1.82) is 0 Å². The van der Waals surface area contributed by atoms with Gasteiger partial charge in [-0.2, -0.15) is 0 Å². The lowest BCUT2D eigenvalue weighted by molar-refractivity contribution is -0.138. The van der Waals surface area contributed by atoms with Crippen molar-refractivity contribution < 1.29 is 4.79 Å². The van der Waals surface area contributed by atoms with Crippen molar-refractivity contribution in [2.75, 3.05) is 32.7 Å². The number of nitrogens with one attached hydrogen (secondary N) is 1. The Balaban J connectivity index is 1.42. The van der Waals surface area contributed by atoms with E-state index < -0.39 is 0 Å². The molecule has 2 saturated heterocycles. The SMILES string of the molecule is CCCC[C@H]1CN(C2c3ccc(Cl)cc3CCc3cc(Br)cnc32)CCN1C(=O)CC1CCNCC1. The number of unbranched alkanes of at least 4 members (excludes halogenated alkanes) is 1. The van der Waals surface area contributed by atoms with Gasteiger partial charge in [0.15, 0.2) is 0 Å². The maximum Gasteiger partial charge on any atom is 0.223 e. The minimum Gasteiger partial charge on any atom is -0.337 e. The number of rotatable bonds is 6. The molecule has 0 bridgehead atoms. The summed E-state index contributed by atoms with van der Waals surface area (Å²) in [4.78, 5) is 23.3. The zero-order chi connectivity index (χ0) is 25.1. The van der Waals surface area contributed by atoms with Gasteiger partial charge in [0.2, 0.25) is 5.91 Å². The largest absolute Gasteiger partial charge is 0.337 e. The molecule has 1 unspecified atom stereocenters. The van der Waals surface area contributed by atoms with Crippen molar-refractivity contribution in [3.05, 3.63) is 62.3 Å². The third-order valence-electron chi connectivity index (χ3n) is 8.30. The summed E-state index contributed by atoms with van der Waals surface area (Å²) in [5, 5.41) is 4.22. The summed E-state index contributed by atoms with van der Waals surface area (Å²) in [6, 6.07) is 8.94. The van der Waals surface area contributed by atoms with E-state index in [2.05, 4.69) is 56.2 Å². The summed E-state index contributed by atoms with van der Waals surface area (Å²) < 4.78 is 1.03. The molecule has 0 saturated carbocycles. The predicted octanol–water partition coefficient (Wildman–Crippen LogP) is 5.78. The average molecular weight is 574 g/mol. The second-order valence-corrected chi connectivity index (χ2v) is 12.1. The molecular formula is C29H38BrClN4O. The van der Waals surface area contributed by atoms with Gasteiger partial charge in [0.05, 0.1) is 11.7 Å². The fraction of sp³-hybridized carbons (Fsp3) is 0.586. The third-order valence-corrected chi connectivity index (χ3v) is 8.97. The highest BCUT2D eigenvalue weighted by Gasteiger charge is 2.37. The lowest BCUT2D eigenvalue weighted by Crippen LogP contribution is -2.56. The fourth-order valence-corrected chi connectivity index (χ4v) is 6.93. The molecule has 1 N–H and O–H groups in total. The topological polar surface area (TPSA) is 48.5 Å². The van der Waals surface area contributed by atoms with E-state index in [0.717, 1.165) is 92.9 Å². The molecule has 5 rings (SSSR count). The molecular weight excluding hydrogens is 536 g/mol. The van der Waals surface area contributed by atoms with Gasteiger partial charge in [-0.25, -0.2) is 0 Å². The van der Waals surface area contributed by atoms with Gasteiger partial charge >= 0.3 is 0 Å². The first kappa shape index (κ1) is 26.1. The van der Waals surface area contributed by atoms with Crippen LogP contribution in [0.25, 0.3) is 0 Å². The van der Waals surface area contributed by atoms with Gasteiger partial charge in [0.25, 0.3) is 0 Å². The first-order valence-electron chi connectivity index (χ1n) is 13.7. The van der Waals surface area contributed by atoms with E-state index >= 15 is 0 Å². The predicted molar refractivity (Wildman–Crippen MR) is 149 cm³/mol. The smallest absolute Gasteiger partial charge is 0.223 e. The average Bonchev–Trinajstić information content (AvgIpc) is 3.04. The first-order chi connectivity index (χ1) is 17.5. The fourth-order valence-electron chi connectivity index (χ4n) is 6.36. The second-order valence-electron chi connectivity index (χ2n) is 10.7. The molecule has 0 spiro atoms. The molecule has 2 fully saturated rings. The molecule has 3 heterocycles. The highest BCUT2D eigenvalue weighted by molar-refractivity contribution is 9.10. The minimum atomic E-state index is 0.0914. The number of halogens is 2. The van der Waals surface area contributed by atoms with Crippen molar-refractivity contribution in [2.24, 2.45) is 5.92 Å². The van der Waals surface area contributed by atoms with Crippen LogP contribution in [-0.2, 0) is 17.6 Å². The third kappa shape index (κ3) is 5.82. The zero-order valence-corrected chi connectivity index (χ0v) is 23.7. The number of aromatic nitrogens is 1. The number of nitrogens with zero attached hydrogens (tertiary/aromatic N) is 3. The van der Waals surface area contributed by atoms with E-state index in [9.17, 15) is 4.79 Å². The zero-order valence-electron chi connectivity index (χ0n) is 21.3. The van der Waals surface area contributed by atoms with Crippen LogP contribution in [0.4, 0.5) is 0 Å². The van der Waals surface area contributed by atoms with E-state index in [-0.39, 0.29) is 12.1 Å². The molecule has 7 heteroatoms. The number of pyridine rings is 1. The molecule has 3 aliphatic rings. The number of aryl methyl sites for hydroxylation is 2. The van der Waals surface area contributed by atoms with Gasteiger partial charge in [-0.05, 0) is 102 Å². The number of fused-ring (bicyclic) bond motifs is 2. The van der Waals surface area contributed by atoms with Crippen LogP contribution in [-0.4, -0.2) is 59.5 Å². The maximum atomic E-state index is 13.5. The maximum absolute atomic E-state index is 13.5. The normalized spacial score (nSPS) is 23.1. The van der Waals surface area contributed by atoms with Crippen LogP contribution >= 0.6 is 27.5 Å².